The molecule has 1 saturated heterocycles. The van der Waals surface area contributed by atoms with Gasteiger partial charge < -0.3 is 14.7 Å². The number of benzene rings is 2. The number of carbonyl (C=O) groups is 2. The standard InChI is InChI=1S/C26H21F3N2O4/c1-15-12-18(6-7-20(15)35-2)23(32)21-22(17-8-10-30-11-9-17)31(25(34)24(21)33)14-16-4-3-5-19(13-16)26(27,28)29/h3-13,22,32H,14H2,1-2H3/b23-21+. The van der Waals surface area contributed by atoms with Gasteiger partial charge in [-0.25, -0.2) is 0 Å². The Hall–Kier alpha value is -4.14. The van der Waals surface area contributed by atoms with Crippen LogP contribution in [0.4, 0.5) is 13.2 Å². The fourth-order valence-electron chi connectivity index (χ4n) is 4.16. The van der Waals surface area contributed by atoms with E-state index in [1.807, 2.05) is 0 Å². The van der Waals surface area contributed by atoms with Crippen LogP contribution in [0, 0.1) is 6.92 Å². The second kappa shape index (κ2) is 9.25. The third-order valence-electron chi connectivity index (χ3n) is 5.84. The Morgan fingerprint density at radius 1 is 1.09 bits per heavy atom. The maximum Gasteiger partial charge on any atom is 0.416 e. The van der Waals surface area contributed by atoms with E-state index in [0.717, 1.165) is 17.0 Å². The molecule has 0 bridgehead atoms. The molecule has 1 atom stereocenters. The molecule has 0 aliphatic carbocycles. The van der Waals surface area contributed by atoms with E-state index >= 15 is 0 Å². The number of aliphatic hydroxyl groups is 1. The largest absolute Gasteiger partial charge is 0.507 e. The van der Waals surface area contributed by atoms with Crippen LogP contribution in [0.2, 0.25) is 0 Å². The molecule has 1 unspecified atom stereocenters. The molecule has 1 fully saturated rings. The number of aromatic nitrogens is 1. The molecule has 2 heterocycles. The van der Waals surface area contributed by atoms with Crippen molar-refractivity contribution in [1.82, 2.24) is 9.88 Å². The van der Waals surface area contributed by atoms with Gasteiger partial charge >= 0.3 is 6.18 Å². The lowest BCUT2D eigenvalue weighted by molar-refractivity contribution is -0.140. The number of amides is 1. The predicted octanol–water partition coefficient (Wildman–Crippen LogP) is 5.04. The zero-order chi connectivity index (χ0) is 25.3. The molecule has 35 heavy (non-hydrogen) atoms. The summed E-state index contributed by atoms with van der Waals surface area (Å²) in [6.07, 6.45) is -1.62. The molecule has 6 nitrogen and oxygen atoms in total. The summed E-state index contributed by atoms with van der Waals surface area (Å²) in [6, 6.07) is 11.5. The van der Waals surface area contributed by atoms with Gasteiger partial charge in [-0.2, -0.15) is 13.2 Å². The van der Waals surface area contributed by atoms with Crippen molar-refractivity contribution < 1.29 is 32.6 Å². The second-order valence-electron chi connectivity index (χ2n) is 8.09. The first kappa shape index (κ1) is 24.0. The summed E-state index contributed by atoms with van der Waals surface area (Å²) in [7, 11) is 1.50. The van der Waals surface area contributed by atoms with Gasteiger partial charge in [-0.3, -0.25) is 14.6 Å². The van der Waals surface area contributed by atoms with Crippen LogP contribution < -0.4 is 4.74 Å². The van der Waals surface area contributed by atoms with Gasteiger partial charge in [0.2, 0.25) is 0 Å². The average molecular weight is 482 g/mol. The number of methoxy groups -OCH3 is 1. The van der Waals surface area contributed by atoms with E-state index in [2.05, 4.69) is 4.98 Å². The van der Waals surface area contributed by atoms with Gasteiger partial charge in [-0.05, 0) is 66.1 Å². The highest BCUT2D eigenvalue weighted by molar-refractivity contribution is 6.46. The van der Waals surface area contributed by atoms with E-state index in [4.69, 9.17) is 4.74 Å². The molecule has 2 aromatic carbocycles. The molecule has 1 aliphatic rings. The van der Waals surface area contributed by atoms with Crippen molar-refractivity contribution in [3.05, 3.63) is 100 Å². The number of rotatable bonds is 5. The maximum atomic E-state index is 13.2. The summed E-state index contributed by atoms with van der Waals surface area (Å²) in [6.45, 7) is 1.50. The smallest absolute Gasteiger partial charge is 0.416 e. The quantitative estimate of drug-likeness (QED) is 0.313. The van der Waals surface area contributed by atoms with Gasteiger partial charge in [-0.15, -0.1) is 0 Å². The molecule has 9 heteroatoms. The lowest BCUT2D eigenvalue weighted by Gasteiger charge is -2.25. The molecular weight excluding hydrogens is 461 g/mol. The normalized spacial score (nSPS) is 17.6. The number of ether oxygens (including phenoxy) is 1. The first-order valence-electron chi connectivity index (χ1n) is 10.6. The van der Waals surface area contributed by atoms with Gasteiger partial charge in [0.15, 0.2) is 0 Å². The number of ketones is 1. The van der Waals surface area contributed by atoms with Crippen LogP contribution in [0.15, 0.2) is 72.6 Å². The van der Waals surface area contributed by atoms with Crippen molar-refractivity contribution in [2.45, 2.75) is 25.7 Å². The number of hydrogen-bond donors (Lipinski definition) is 1. The molecular formula is C26H21F3N2O4. The van der Waals surface area contributed by atoms with E-state index in [-0.39, 0.29) is 23.4 Å². The highest BCUT2D eigenvalue weighted by Gasteiger charge is 2.46. The summed E-state index contributed by atoms with van der Waals surface area (Å²) in [4.78, 5) is 31.3. The third-order valence-corrected chi connectivity index (χ3v) is 5.84. The fraction of sp³-hybridized carbons (Fsp3) is 0.192. The monoisotopic (exact) mass is 482 g/mol. The molecule has 1 aromatic heterocycles. The van der Waals surface area contributed by atoms with Crippen molar-refractivity contribution in [3.63, 3.8) is 0 Å². The van der Waals surface area contributed by atoms with Crippen molar-refractivity contribution in [1.29, 1.82) is 0 Å². The average Bonchev–Trinajstić information content (AvgIpc) is 3.08. The van der Waals surface area contributed by atoms with E-state index in [1.54, 1.807) is 37.3 Å². The molecule has 0 saturated carbocycles. The molecule has 180 valence electrons. The van der Waals surface area contributed by atoms with E-state index in [0.29, 0.717) is 22.4 Å². The van der Waals surface area contributed by atoms with Crippen molar-refractivity contribution in [2.24, 2.45) is 0 Å². The van der Waals surface area contributed by atoms with E-state index in [9.17, 15) is 27.9 Å². The number of likely N-dealkylation sites (tertiary alicyclic amines) is 1. The van der Waals surface area contributed by atoms with Gasteiger partial charge in [0.05, 0.1) is 24.3 Å². The molecule has 1 N–H and O–H groups in total. The summed E-state index contributed by atoms with van der Waals surface area (Å²) < 4.78 is 44.9. The Labute approximate surface area is 199 Å². The Morgan fingerprint density at radius 2 is 1.80 bits per heavy atom. The number of halogens is 3. The van der Waals surface area contributed by atoms with Crippen LogP contribution in [0.3, 0.4) is 0 Å². The lowest BCUT2D eigenvalue weighted by atomic mass is 9.95. The second-order valence-corrected chi connectivity index (χ2v) is 8.09. The number of alkyl halides is 3. The van der Waals surface area contributed by atoms with Gasteiger partial charge in [-0.1, -0.05) is 12.1 Å². The summed E-state index contributed by atoms with van der Waals surface area (Å²) in [5.74, 6) is -1.65. The highest BCUT2D eigenvalue weighted by Crippen LogP contribution is 2.41. The van der Waals surface area contributed by atoms with E-state index in [1.165, 1.54) is 31.6 Å². The Balaban J connectivity index is 1.83. The van der Waals surface area contributed by atoms with Crippen LogP contribution in [0.1, 0.15) is 33.9 Å². The van der Waals surface area contributed by atoms with Crippen LogP contribution in [0.25, 0.3) is 5.76 Å². The number of Topliss-reactive ketones (excluding diaryl/α,β-unsaturated/α-hetero) is 1. The minimum Gasteiger partial charge on any atom is -0.507 e. The zero-order valence-electron chi connectivity index (χ0n) is 18.8. The molecule has 0 spiro atoms. The molecule has 4 rings (SSSR count). The van der Waals surface area contributed by atoms with Gasteiger partial charge in [0, 0.05) is 24.5 Å². The summed E-state index contributed by atoms with van der Waals surface area (Å²) in [5.41, 5.74) is 0.673. The van der Waals surface area contributed by atoms with Gasteiger partial charge in [0.25, 0.3) is 11.7 Å². The van der Waals surface area contributed by atoms with Gasteiger partial charge in [0.1, 0.15) is 11.5 Å². The zero-order valence-corrected chi connectivity index (χ0v) is 18.8. The molecule has 0 radical (unpaired) electrons. The number of aliphatic hydroxyl groups excluding tert-OH is 1. The van der Waals surface area contributed by atoms with Crippen LogP contribution in [0.5, 0.6) is 5.75 Å². The van der Waals surface area contributed by atoms with Crippen LogP contribution in [-0.4, -0.2) is 33.8 Å². The van der Waals surface area contributed by atoms with Crippen LogP contribution >= 0.6 is 0 Å². The molecule has 1 amide bonds. The first-order chi connectivity index (χ1) is 16.6. The summed E-state index contributed by atoms with van der Waals surface area (Å²) in [5, 5.41) is 11.1. The number of pyridine rings is 1. The lowest BCUT2D eigenvalue weighted by Crippen LogP contribution is -2.29. The molecule has 1 aliphatic heterocycles. The Kier molecular flexibility index (Phi) is 6.34. The summed E-state index contributed by atoms with van der Waals surface area (Å²) >= 11 is 0. The van der Waals surface area contributed by atoms with E-state index < -0.39 is 29.5 Å². The fourth-order valence-corrected chi connectivity index (χ4v) is 4.16. The first-order valence-corrected chi connectivity index (χ1v) is 10.6. The SMILES string of the molecule is COc1ccc(/C(O)=C2\C(=O)C(=O)N(Cc3cccc(C(F)(F)F)c3)C2c2ccncc2)cc1C. The minimum atomic E-state index is -4.55. The molecule has 3 aromatic rings. The third kappa shape index (κ3) is 4.62. The number of nitrogens with zero attached hydrogens (tertiary/aromatic N) is 2. The van der Waals surface area contributed by atoms with Crippen LogP contribution in [-0.2, 0) is 22.3 Å². The number of hydrogen-bond acceptors (Lipinski definition) is 5. The van der Waals surface area contributed by atoms with Crippen molar-refractivity contribution >= 4 is 17.4 Å². The highest BCUT2D eigenvalue weighted by atomic mass is 19.4. The van der Waals surface area contributed by atoms with Crippen molar-refractivity contribution in [2.75, 3.05) is 7.11 Å². The Bertz CT molecular complexity index is 1320. The topological polar surface area (TPSA) is 79.7 Å². The Morgan fingerprint density at radius 3 is 2.43 bits per heavy atom. The minimum absolute atomic E-state index is 0.155. The predicted molar refractivity (Wildman–Crippen MR) is 121 cm³/mol. The van der Waals surface area contributed by atoms with Crippen molar-refractivity contribution in [3.8, 4) is 5.75 Å². The number of aryl methyl sites for hydroxylation is 1. The maximum absolute atomic E-state index is 13.2. The number of carbonyl (C=O) groups excluding carboxylic acids is 2.